The molecule has 0 spiro atoms. The maximum atomic E-state index is 9.28. The average molecular weight is 740 g/mol. The second-order valence-electron chi connectivity index (χ2n) is 13.5. The van der Waals surface area contributed by atoms with Gasteiger partial charge in [-0.05, 0) is 123 Å². The van der Waals surface area contributed by atoms with Crippen molar-refractivity contribution in [3.05, 3.63) is 236 Å². The van der Waals surface area contributed by atoms with E-state index in [0.717, 1.165) is 55.1 Å². The Kier molecular flexibility index (Phi) is 6.46. The summed E-state index contributed by atoms with van der Waals surface area (Å²) >= 11 is 0. The molecule has 0 N–H and O–H groups in total. The normalized spacial score (nSPS) is 13.6. The van der Waals surface area contributed by atoms with E-state index in [9.17, 15) is 5.48 Å². The van der Waals surface area contributed by atoms with E-state index in [1.807, 2.05) is 126 Å². The van der Waals surface area contributed by atoms with Crippen LogP contribution in [0.25, 0.3) is 32.3 Å². The molecule has 0 bridgehead atoms. The van der Waals surface area contributed by atoms with E-state index in [0.29, 0.717) is 11.4 Å². The molecule has 0 saturated carbocycles. The van der Waals surface area contributed by atoms with Gasteiger partial charge < -0.3 is 14.7 Å². The van der Waals surface area contributed by atoms with Crippen molar-refractivity contribution >= 4 is 83.5 Å². The lowest BCUT2D eigenvalue weighted by Crippen LogP contribution is -2.16. The minimum Gasteiger partial charge on any atom is -0.310 e. The summed E-state index contributed by atoms with van der Waals surface area (Å²) in [5.74, 6) is 0. The molecule has 3 heteroatoms. The summed E-state index contributed by atoms with van der Waals surface area (Å²) in [7, 11) is 0. The molecule has 0 heterocycles. The van der Waals surface area contributed by atoms with E-state index in [1.54, 1.807) is 12.1 Å². The first-order valence-electron chi connectivity index (χ1n) is 23.6. The Labute approximate surface area is 347 Å². The molecule has 0 aliphatic heterocycles. The quantitative estimate of drug-likeness (QED) is 0.137. The van der Waals surface area contributed by atoms with Crippen LogP contribution < -0.4 is 14.7 Å². The van der Waals surface area contributed by atoms with Crippen molar-refractivity contribution in [2.24, 2.45) is 0 Å². The summed E-state index contributed by atoms with van der Waals surface area (Å²) in [5, 5.41) is 6.49. The van der Waals surface area contributed by atoms with Crippen molar-refractivity contribution in [2.45, 2.75) is 0 Å². The topological polar surface area (TPSA) is 9.72 Å². The van der Waals surface area contributed by atoms with Gasteiger partial charge in [-0.3, -0.25) is 0 Å². The molecule has 270 valence electrons. The molecule has 57 heavy (non-hydrogen) atoms. The van der Waals surface area contributed by atoms with Crippen LogP contribution in [0, 0.1) is 0 Å². The second kappa shape index (κ2) is 14.9. The van der Waals surface area contributed by atoms with Gasteiger partial charge in [0.25, 0.3) is 0 Å². The van der Waals surface area contributed by atoms with Crippen LogP contribution in [-0.4, -0.2) is 0 Å². The first-order chi connectivity index (χ1) is 32.4. The lowest BCUT2D eigenvalue weighted by Gasteiger charge is -2.33. The molecule has 0 aromatic heterocycles. The second-order valence-corrected chi connectivity index (χ2v) is 13.5. The summed E-state index contributed by atoms with van der Waals surface area (Å²) in [6, 6.07) is 51.2. The Morgan fingerprint density at radius 1 is 0.228 bits per heavy atom. The first kappa shape index (κ1) is 24.7. The number of benzene rings is 10. The minimum absolute atomic E-state index is 0.152. The summed E-state index contributed by atoms with van der Waals surface area (Å²) < 4.78 is 89.2. The molecule has 0 amide bonds. The van der Waals surface area contributed by atoms with Gasteiger partial charge in [-0.25, -0.2) is 0 Å². The highest BCUT2D eigenvalue weighted by molar-refractivity contribution is 6.25. The number of fused-ring (bicyclic) bond motifs is 6. The van der Waals surface area contributed by atoms with Gasteiger partial charge in [0.1, 0.15) is 0 Å². The lowest BCUT2D eigenvalue weighted by atomic mass is 9.94. The molecule has 0 unspecified atom stereocenters. The van der Waals surface area contributed by atoms with Crippen LogP contribution in [0.4, 0.5) is 51.2 Å². The lowest BCUT2D eigenvalue weighted by molar-refractivity contribution is 1.22. The maximum absolute atomic E-state index is 9.28. The Morgan fingerprint density at radius 3 is 0.947 bits per heavy atom. The fourth-order valence-corrected chi connectivity index (χ4v) is 7.71. The predicted octanol–water partition coefficient (Wildman–Crippen LogP) is 15.6. The Bertz CT molecular complexity index is 3350. The van der Waals surface area contributed by atoms with Gasteiger partial charge in [-0.2, -0.15) is 0 Å². The fraction of sp³-hybridized carbons (Fsp3) is 0. The van der Waals surface area contributed by atoms with Gasteiger partial charge in [0.05, 0.1) is 30.8 Å². The summed E-state index contributed by atoms with van der Waals surface area (Å²) in [5.41, 5.74) is 3.53. The molecule has 10 rings (SSSR count). The molecule has 0 atom stereocenters. The van der Waals surface area contributed by atoms with E-state index in [2.05, 4.69) is 47.4 Å². The molecule has 10 aromatic carbocycles. The van der Waals surface area contributed by atoms with Crippen LogP contribution in [0.2, 0.25) is 0 Å². The largest absolute Gasteiger partial charge is 0.310 e. The van der Waals surface area contributed by atoms with Gasteiger partial charge in [0.15, 0.2) is 0 Å². The molecule has 0 aliphatic carbocycles. The Morgan fingerprint density at radius 2 is 0.544 bits per heavy atom. The summed E-state index contributed by atoms with van der Waals surface area (Å²) in [6.45, 7) is 0. The van der Waals surface area contributed by atoms with Gasteiger partial charge in [0.2, 0.25) is 0 Å². The highest BCUT2D eigenvalue weighted by Gasteiger charge is 2.22. The van der Waals surface area contributed by atoms with Crippen LogP contribution in [-0.2, 0) is 0 Å². The zero-order chi connectivity index (χ0) is 46.7. The van der Waals surface area contributed by atoms with Crippen molar-refractivity contribution in [3.63, 3.8) is 0 Å². The molecule has 0 fully saturated rings. The first-order valence-corrected chi connectivity index (χ1v) is 18.6. The van der Waals surface area contributed by atoms with Crippen LogP contribution in [0.5, 0.6) is 0 Å². The number of hydrogen-bond acceptors (Lipinski definition) is 3. The number of hydrogen-bond donors (Lipinski definition) is 0. The average Bonchev–Trinajstić information content (AvgIpc) is 3.37. The fourth-order valence-electron chi connectivity index (χ4n) is 7.71. The van der Waals surface area contributed by atoms with E-state index >= 15 is 0 Å². The number of nitrogens with zero attached hydrogens (tertiary/aromatic N) is 3. The van der Waals surface area contributed by atoms with E-state index in [4.69, 9.17) is 8.22 Å². The van der Waals surface area contributed by atoms with Crippen LogP contribution >= 0.6 is 0 Å². The van der Waals surface area contributed by atoms with Gasteiger partial charge >= 0.3 is 0 Å². The molecular weight excluding hydrogens is 691 g/mol. The monoisotopic (exact) mass is 739 g/mol. The van der Waals surface area contributed by atoms with Crippen molar-refractivity contribution < 1.29 is 13.7 Å². The number of anilines is 9. The van der Waals surface area contributed by atoms with Crippen molar-refractivity contribution in [3.8, 4) is 0 Å². The third kappa shape index (κ3) is 6.41. The summed E-state index contributed by atoms with van der Waals surface area (Å²) in [4.78, 5) is 5.29. The van der Waals surface area contributed by atoms with Gasteiger partial charge in [-0.15, -0.1) is 0 Å². The van der Waals surface area contributed by atoms with Crippen LogP contribution in [0.15, 0.2) is 236 Å². The SMILES string of the molecule is [2H]c1c([2H])c([2H])c(N(c2cc(N(c3ccccc3)c3ccccc3)cc(N(c3ccccc3)c3ccc4c5ccccc5c5ccccc5c4c3)c2)c2c([2H])c([2H])c([2H])c([2H])c2[2H])c([2H])c1[2H]. The molecule has 10 aromatic rings. The van der Waals surface area contributed by atoms with Crippen LogP contribution in [0.3, 0.4) is 0 Å². The number of para-hydroxylation sites is 5. The van der Waals surface area contributed by atoms with Crippen molar-refractivity contribution in [1.29, 1.82) is 0 Å². The third-order valence-corrected chi connectivity index (χ3v) is 10.1. The molecular formula is C54H39N3. The molecule has 0 saturated heterocycles. The van der Waals surface area contributed by atoms with Crippen molar-refractivity contribution in [1.82, 2.24) is 0 Å². The Hall–Kier alpha value is -7.62. The molecule has 0 radical (unpaired) electrons. The molecule has 0 aliphatic rings. The smallest absolute Gasteiger partial charge is 0.0645 e. The Balaban J connectivity index is 1.35. The third-order valence-electron chi connectivity index (χ3n) is 10.1. The standard InChI is InChI=1S/C54H39N3/c1-6-20-40(21-7-1)55(41-22-8-2-9-23-41)46-36-47(56(42-24-10-3-11-25-42)43-26-12-4-13-27-43)38-48(37-46)57(44-28-14-5-15-29-44)45-34-35-53-51-32-17-16-30-49(51)50-31-18-19-33-52(50)54(53)39-45/h1-39H/i1D,2D,6D,7D,8D,9D,20D,21D,22D,23D. The zero-order valence-corrected chi connectivity index (χ0v) is 30.6. The van der Waals surface area contributed by atoms with Crippen LogP contribution in [0.1, 0.15) is 13.7 Å². The van der Waals surface area contributed by atoms with Gasteiger partial charge in [0, 0.05) is 34.1 Å². The molecule has 3 nitrogen and oxygen atoms in total. The number of rotatable bonds is 9. The van der Waals surface area contributed by atoms with E-state index < -0.39 is 71.8 Å². The summed E-state index contributed by atoms with van der Waals surface area (Å²) in [6.07, 6.45) is 0. The predicted molar refractivity (Wildman–Crippen MR) is 243 cm³/mol. The van der Waals surface area contributed by atoms with E-state index in [-0.39, 0.29) is 5.69 Å². The van der Waals surface area contributed by atoms with Crippen molar-refractivity contribution in [2.75, 3.05) is 14.7 Å². The van der Waals surface area contributed by atoms with E-state index in [1.165, 1.54) is 4.90 Å². The highest BCUT2D eigenvalue weighted by Crippen LogP contribution is 2.47. The van der Waals surface area contributed by atoms with Gasteiger partial charge in [-0.1, -0.05) is 145 Å². The zero-order valence-electron chi connectivity index (χ0n) is 40.6. The highest BCUT2D eigenvalue weighted by atomic mass is 15.2. The maximum Gasteiger partial charge on any atom is 0.0645 e. The minimum atomic E-state index is -0.651.